The van der Waals surface area contributed by atoms with E-state index in [0.29, 0.717) is 4.77 Å². The summed E-state index contributed by atoms with van der Waals surface area (Å²) in [5.41, 5.74) is 1.88. The zero-order valence-electron chi connectivity index (χ0n) is 9.84. The third-order valence-corrected chi connectivity index (χ3v) is 2.77. The highest BCUT2D eigenvalue weighted by Gasteiger charge is 1.98. The lowest BCUT2D eigenvalue weighted by atomic mass is 10.3. The number of hydrogen-bond donors (Lipinski definition) is 1. The first kappa shape index (κ1) is 11.5. The molecule has 3 rings (SSSR count). The Bertz CT molecular complexity index is 752. The van der Waals surface area contributed by atoms with E-state index in [2.05, 4.69) is 20.4 Å². The molecule has 0 saturated heterocycles. The smallest absolute Gasteiger partial charge is 0.216 e. The fraction of sp³-hybridized carbons (Fsp3) is 0. The Balaban J connectivity index is 1.85. The molecule has 3 aromatic rings. The van der Waals surface area contributed by atoms with Crippen LogP contribution in [-0.4, -0.2) is 30.9 Å². The van der Waals surface area contributed by atoms with Crippen molar-refractivity contribution in [2.75, 3.05) is 0 Å². The van der Waals surface area contributed by atoms with Crippen molar-refractivity contribution < 1.29 is 0 Å². The van der Waals surface area contributed by atoms with Gasteiger partial charge in [0.1, 0.15) is 6.33 Å². The second kappa shape index (κ2) is 4.99. The molecule has 1 aromatic carbocycles. The molecular formula is C12H10N6S. The van der Waals surface area contributed by atoms with Gasteiger partial charge in [-0.05, 0) is 24.4 Å². The summed E-state index contributed by atoms with van der Waals surface area (Å²) in [5.74, 6) is 0. The van der Waals surface area contributed by atoms with Gasteiger partial charge in [-0.2, -0.15) is 20.0 Å². The standard InChI is InChI=1S/C12H10N6S/c19-12-16-13-9-18(12)15-7-10-6-14-17(8-10)11-4-2-1-3-5-11/h1-9H,(H,16,19)/b15-7-. The van der Waals surface area contributed by atoms with Gasteiger partial charge in [-0.3, -0.25) is 5.10 Å². The summed E-state index contributed by atoms with van der Waals surface area (Å²) < 4.78 is 3.72. The molecule has 0 saturated carbocycles. The number of aromatic amines is 1. The van der Waals surface area contributed by atoms with E-state index in [1.54, 1.807) is 17.1 Å². The molecule has 7 heteroatoms. The minimum absolute atomic E-state index is 0.451. The summed E-state index contributed by atoms with van der Waals surface area (Å²) in [4.78, 5) is 0. The van der Waals surface area contributed by atoms with Crippen molar-refractivity contribution in [3.05, 3.63) is 59.4 Å². The number of benzene rings is 1. The maximum Gasteiger partial charge on any atom is 0.216 e. The summed E-state index contributed by atoms with van der Waals surface area (Å²) in [6, 6.07) is 9.88. The lowest BCUT2D eigenvalue weighted by molar-refractivity contribution is 0.862. The van der Waals surface area contributed by atoms with Gasteiger partial charge < -0.3 is 0 Å². The lowest BCUT2D eigenvalue weighted by Crippen LogP contribution is -1.92. The molecule has 0 radical (unpaired) electrons. The molecule has 0 amide bonds. The summed E-state index contributed by atoms with van der Waals surface area (Å²) >= 11 is 4.99. The average molecular weight is 270 g/mol. The van der Waals surface area contributed by atoms with Crippen LogP contribution in [0.3, 0.4) is 0 Å². The Labute approximate surface area is 114 Å². The molecule has 1 N–H and O–H groups in total. The first-order valence-corrected chi connectivity index (χ1v) is 6.00. The van der Waals surface area contributed by atoms with E-state index in [1.165, 1.54) is 11.0 Å². The fourth-order valence-corrected chi connectivity index (χ4v) is 1.73. The number of hydrogen-bond acceptors (Lipinski definition) is 4. The largest absolute Gasteiger partial charge is 0.250 e. The van der Waals surface area contributed by atoms with E-state index in [9.17, 15) is 0 Å². The van der Waals surface area contributed by atoms with E-state index in [-0.39, 0.29) is 0 Å². The molecule has 0 bridgehead atoms. The monoisotopic (exact) mass is 270 g/mol. The van der Waals surface area contributed by atoms with Gasteiger partial charge in [0.2, 0.25) is 4.77 Å². The van der Waals surface area contributed by atoms with Crippen LogP contribution in [0, 0.1) is 4.77 Å². The van der Waals surface area contributed by atoms with Crippen molar-refractivity contribution in [2.45, 2.75) is 0 Å². The third-order valence-electron chi connectivity index (χ3n) is 2.49. The molecular weight excluding hydrogens is 260 g/mol. The molecule has 94 valence electrons. The quantitative estimate of drug-likeness (QED) is 0.585. The molecule has 0 aliphatic rings. The minimum atomic E-state index is 0.451. The Morgan fingerprint density at radius 3 is 2.84 bits per heavy atom. The topological polar surface area (TPSA) is 63.8 Å². The van der Waals surface area contributed by atoms with Gasteiger partial charge in [-0.15, -0.1) is 0 Å². The van der Waals surface area contributed by atoms with Gasteiger partial charge in [-0.1, -0.05) is 18.2 Å². The van der Waals surface area contributed by atoms with Gasteiger partial charge in [0, 0.05) is 11.8 Å². The Hall–Kier alpha value is -2.54. The van der Waals surface area contributed by atoms with Crippen LogP contribution in [-0.2, 0) is 0 Å². The van der Waals surface area contributed by atoms with Crippen LogP contribution in [0.5, 0.6) is 0 Å². The number of nitrogens with zero attached hydrogens (tertiary/aromatic N) is 5. The molecule has 0 atom stereocenters. The molecule has 0 aliphatic carbocycles. The Morgan fingerprint density at radius 1 is 1.26 bits per heavy atom. The van der Waals surface area contributed by atoms with Crippen LogP contribution in [0.2, 0.25) is 0 Å². The maximum atomic E-state index is 4.99. The van der Waals surface area contributed by atoms with Crippen LogP contribution >= 0.6 is 12.2 Å². The highest BCUT2D eigenvalue weighted by molar-refractivity contribution is 7.71. The van der Waals surface area contributed by atoms with Gasteiger partial charge in [0.15, 0.2) is 0 Å². The van der Waals surface area contributed by atoms with Crippen LogP contribution in [0.15, 0.2) is 54.2 Å². The number of H-pyrrole nitrogens is 1. The molecule has 0 fully saturated rings. The Morgan fingerprint density at radius 2 is 2.11 bits per heavy atom. The second-order valence-electron chi connectivity index (χ2n) is 3.80. The third kappa shape index (κ3) is 2.50. The number of rotatable bonds is 3. The first-order valence-electron chi connectivity index (χ1n) is 5.59. The molecule has 0 spiro atoms. The van der Waals surface area contributed by atoms with Gasteiger partial charge in [-0.25, -0.2) is 4.68 Å². The number of aromatic nitrogens is 5. The average Bonchev–Trinajstić information content (AvgIpc) is 3.06. The van der Waals surface area contributed by atoms with Crippen molar-refractivity contribution in [3.8, 4) is 5.69 Å². The molecule has 19 heavy (non-hydrogen) atoms. The molecule has 2 aromatic heterocycles. The van der Waals surface area contributed by atoms with E-state index in [4.69, 9.17) is 12.2 Å². The summed E-state index contributed by atoms with van der Waals surface area (Å²) in [6.07, 6.45) is 6.82. The summed E-state index contributed by atoms with van der Waals surface area (Å²) in [7, 11) is 0. The number of nitrogens with one attached hydrogen (secondary N) is 1. The summed E-state index contributed by atoms with van der Waals surface area (Å²) in [6.45, 7) is 0. The van der Waals surface area contributed by atoms with Crippen LogP contribution in [0.25, 0.3) is 5.69 Å². The van der Waals surface area contributed by atoms with Crippen LogP contribution in [0.1, 0.15) is 5.56 Å². The fourth-order valence-electron chi connectivity index (χ4n) is 1.58. The van der Waals surface area contributed by atoms with Crippen molar-refractivity contribution in [1.82, 2.24) is 24.7 Å². The maximum absolute atomic E-state index is 4.99. The molecule has 6 nitrogen and oxygen atoms in total. The first-order chi connectivity index (χ1) is 9.33. The van der Waals surface area contributed by atoms with Crippen LogP contribution in [0.4, 0.5) is 0 Å². The lowest BCUT2D eigenvalue weighted by Gasteiger charge is -1.98. The highest BCUT2D eigenvalue weighted by Crippen LogP contribution is 2.06. The molecule has 2 heterocycles. The van der Waals surface area contributed by atoms with E-state index >= 15 is 0 Å². The van der Waals surface area contributed by atoms with Crippen LogP contribution < -0.4 is 0 Å². The normalized spacial score (nSPS) is 11.2. The van der Waals surface area contributed by atoms with Gasteiger partial charge >= 0.3 is 0 Å². The molecule has 0 unspecified atom stereocenters. The van der Waals surface area contributed by atoms with Crippen molar-refractivity contribution in [1.29, 1.82) is 0 Å². The highest BCUT2D eigenvalue weighted by atomic mass is 32.1. The predicted molar refractivity (Wildman–Crippen MR) is 74.0 cm³/mol. The van der Waals surface area contributed by atoms with E-state index in [0.717, 1.165) is 11.3 Å². The SMILES string of the molecule is S=c1[nH]ncn1/N=C\c1cnn(-c2ccccc2)c1. The zero-order chi connectivity index (χ0) is 13.1. The molecule has 0 aliphatic heterocycles. The number of para-hydroxylation sites is 1. The van der Waals surface area contributed by atoms with Gasteiger partial charge in [0.05, 0.1) is 18.1 Å². The van der Waals surface area contributed by atoms with Gasteiger partial charge in [0.25, 0.3) is 0 Å². The van der Waals surface area contributed by atoms with E-state index < -0.39 is 0 Å². The van der Waals surface area contributed by atoms with Crippen molar-refractivity contribution >= 4 is 18.4 Å². The second-order valence-corrected chi connectivity index (χ2v) is 4.19. The summed E-state index contributed by atoms with van der Waals surface area (Å²) in [5, 5.41) is 14.9. The Kier molecular flexibility index (Phi) is 3.03. The zero-order valence-corrected chi connectivity index (χ0v) is 10.7. The van der Waals surface area contributed by atoms with Crippen molar-refractivity contribution in [2.24, 2.45) is 5.10 Å². The predicted octanol–water partition coefficient (Wildman–Crippen LogP) is 2.01. The van der Waals surface area contributed by atoms with Crippen molar-refractivity contribution in [3.63, 3.8) is 0 Å². The minimum Gasteiger partial charge on any atom is -0.250 e. The van der Waals surface area contributed by atoms with E-state index in [1.807, 2.05) is 36.5 Å².